The molecule has 1 aromatic carbocycles. The predicted octanol–water partition coefficient (Wildman–Crippen LogP) is 2.86. The highest BCUT2D eigenvalue weighted by molar-refractivity contribution is 8.00. The molecule has 0 unspecified atom stereocenters. The number of hydrogen-bond acceptors (Lipinski definition) is 4. The molecule has 1 aliphatic rings. The second kappa shape index (κ2) is 5.11. The third-order valence-corrected chi connectivity index (χ3v) is 4.71. The molecule has 0 aromatic heterocycles. The highest BCUT2D eigenvalue weighted by Gasteiger charge is 2.24. The second-order valence-corrected chi connectivity index (χ2v) is 7.03. The molecular weight excluding hydrogens is 242 g/mol. The lowest BCUT2D eigenvalue weighted by Crippen LogP contribution is -2.27. The van der Waals surface area contributed by atoms with Crippen LogP contribution in [0.25, 0.3) is 0 Å². The zero-order valence-electron chi connectivity index (χ0n) is 10.9. The van der Waals surface area contributed by atoms with Crippen LogP contribution in [0.5, 0.6) is 0 Å². The summed E-state index contributed by atoms with van der Waals surface area (Å²) in [6.45, 7) is 6.63. The van der Waals surface area contributed by atoms with Crippen molar-refractivity contribution in [2.24, 2.45) is 0 Å². The van der Waals surface area contributed by atoms with Crippen molar-refractivity contribution < 1.29 is 0 Å². The lowest BCUT2D eigenvalue weighted by atomic mass is 10.1. The Labute approximate surface area is 113 Å². The van der Waals surface area contributed by atoms with Gasteiger partial charge in [-0.3, -0.25) is 0 Å². The minimum absolute atomic E-state index is 0.343. The monoisotopic (exact) mass is 261 g/mol. The Kier molecular flexibility index (Phi) is 3.72. The molecule has 1 aliphatic heterocycles. The zero-order valence-corrected chi connectivity index (χ0v) is 11.8. The fraction of sp³-hybridized carbons (Fsp3) is 0.500. The maximum atomic E-state index is 8.85. The number of rotatable bonds is 1. The van der Waals surface area contributed by atoms with Gasteiger partial charge >= 0.3 is 0 Å². The smallest absolute Gasteiger partial charge is 0.0992 e. The van der Waals surface area contributed by atoms with Crippen LogP contribution in [0, 0.1) is 11.3 Å². The molecule has 0 atom stereocenters. The van der Waals surface area contributed by atoms with E-state index in [1.807, 2.05) is 23.9 Å². The Bertz CT molecular complexity index is 476. The molecule has 1 aromatic rings. The van der Waals surface area contributed by atoms with Crippen molar-refractivity contribution in [1.82, 2.24) is 0 Å². The normalized spacial score (nSPS) is 19.1. The Morgan fingerprint density at radius 1 is 1.39 bits per heavy atom. The SMILES string of the molecule is CC1(C)CCN(c2ccc(C#N)cc2N)CCS1. The minimum atomic E-state index is 0.343. The van der Waals surface area contributed by atoms with Crippen molar-refractivity contribution in [1.29, 1.82) is 5.26 Å². The van der Waals surface area contributed by atoms with Crippen molar-refractivity contribution in [3.8, 4) is 6.07 Å². The fourth-order valence-corrected chi connectivity index (χ4v) is 3.27. The molecule has 0 radical (unpaired) electrons. The van der Waals surface area contributed by atoms with Gasteiger partial charge in [-0.1, -0.05) is 13.8 Å². The van der Waals surface area contributed by atoms with Crippen molar-refractivity contribution >= 4 is 23.1 Å². The van der Waals surface area contributed by atoms with Gasteiger partial charge in [-0.15, -0.1) is 0 Å². The van der Waals surface area contributed by atoms with Gasteiger partial charge in [0, 0.05) is 23.6 Å². The van der Waals surface area contributed by atoms with E-state index in [2.05, 4.69) is 24.8 Å². The van der Waals surface area contributed by atoms with E-state index in [1.165, 1.54) is 0 Å². The average molecular weight is 261 g/mol. The van der Waals surface area contributed by atoms with Crippen molar-refractivity contribution in [2.75, 3.05) is 29.5 Å². The number of nitrogens with two attached hydrogens (primary N) is 1. The van der Waals surface area contributed by atoms with Crippen LogP contribution in [0.15, 0.2) is 18.2 Å². The second-order valence-electron chi connectivity index (χ2n) is 5.23. The molecule has 0 aliphatic carbocycles. The van der Waals surface area contributed by atoms with Crippen LogP contribution < -0.4 is 10.6 Å². The van der Waals surface area contributed by atoms with Crippen LogP contribution in [0.3, 0.4) is 0 Å². The number of benzene rings is 1. The number of nitrogens with zero attached hydrogens (tertiary/aromatic N) is 2. The summed E-state index contributed by atoms with van der Waals surface area (Å²) in [7, 11) is 0. The van der Waals surface area contributed by atoms with E-state index in [0.717, 1.165) is 31.0 Å². The summed E-state index contributed by atoms with van der Waals surface area (Å²) >= 11 is 2.02. The Balaban J connectivity index is 2.19. The van der Waals surface area contributed by atoms with E-state index in [-0.39, 0.29) is 0 Å². The van der Waals surface area contributed by atoms with Crippen molar-refractivity contribution in [2.45, 2.75) is 25.0 Å². The molecule has 96 valence electrons. The summed E-state index contributed by atoms with van der Waals surface area (Å²) in [6.07, 6.45) is 1.15. The third kappa shape index (κ3) is 2.91. The van der Waals surface area contributed by atoms with Gasteiger partial charge in [-0.2, -0.15) is 17.0 Å². The minimum Gasteiger partial charge on any atom is -0.397 e. The van der Waals surface area contributed by atoms with Crippen LogP contribution in [-0.2, 0) is 0 Å². The molecule has 0 saturated carbocycles. The summed E-state index contributed by atoms with van der Waals surface area (Å²) in [6, 6.07) is 7.69. The third-order valence-electron chi connectivity index (χ3n) is 3.34. The highest BCUT2D eigenvalue weighted by Crippen LogP contribution is 2.34. The van der Waals surface area contributed by atoms with Gasteiger partial charge in [-0.25, -0.2) is 0 Å². The van der Waals surface area contributed by atoms with Crippen molar-refractivity contribution in [3.63, 3.8) is 0 Å². The maximum absolute atomic E-state index is 8.85. The van der Waals surface area contributed by atoms with Crippen LogP contribution in [0.4, 0.5) is 11.4 Å². The van der Waals surface area contributed by atoms with Gasteiger partial charge in [0.1, 0.15) is 0 Å². The lowest BCUT2D eigenvalue weighted by Gasteiger charge is -2.25. The fourth-order valence-electron chi connectivity index (χ4n) is 2.17. The molecule has 0 amide bonds. The predicted molar refractivity (Wildman–Crippen MR) is 78.9 cm³/mol. The van der Waals surface area contributed by atoms with Gasteiger partial charge in [0.25, 0.3) is 0 Å². The molecule has 4 heteroatoms. The molecule has 1 heterocycles. The largest absolute Gasteiger partial charge is 0.397 e. The molecule has 0 spiro atoms. The Hall–Kier alpha value is -1.34. The first-order chi connectivity index (χ1) is 8.52. The van der Waals surface area contributed by atoms with E-state index >= 15 is 0 Å². The number of hydrogen-bond donors (Lipinski definition) is 1. The van der Waals surface area contributed by atoms with E-state index in [4.69, 9.17) is 11.0 Å². The number of nitrogen functional groups attached to an aromatic ring is 1. The first-order valence-corrected chi connectivity index (χ1v) is 7.19. The first kappa shape index (κ1) is 13.1. The number of anilines is 2. The quantitative estimate of drug-likeness (QED) is 0.790. The summed E-state index contributed by atoms with van der Waals surface area (Å²) in [4.78, 5) is 2.33. The Morgan fingerprint density at radius 2 is 2.17 bits per heavy atom. The van der Waals surface area contributed by atoms with Crippen LogP contribution >= 0.6 is 11.8 Å². The molecule has 18 heavy (non-hydrogen) atoms. The molecule has 3 nitrogen and oxygen atoms in total. The van der Waals surface area contributed by atoms with Gasteiger partial charge in [0.15, 0.2) is 0 Å². The van der Waals surface area contributed by atoms with Crippen LogP contribution in [-0.4, -0.2) is 23.6 Å². The average Bonchev–Trinajstić information content (AvgIpc) is 2.50. The van der Waals surface area contributed by atoms with Gasteiger partial charge in [0.05, 0.1) is 23.0 Å². The number of thioether (sulfide) groups is 1. The van der Waals surface area contributed by atoms with E-state index in [9.17, 15) is 0 Å². The van der Waals surface area contributed by atoms with Gasteiger partial charge in [0.2, 0.25) is 0 Å². The van der Waals surface area contributed by atoms with E-state index < -0.39 is 0 Å². The number of nitriles is 1. The lowest BCUT2D eigenvalue weighted by molar-refractivity contribution is 0.638. The van der Waals surface area contributed by atoms with Crippen LogP contribution in [0.2, 0.25) is 0 Å². The molecule has 2 N–H and O–H groups in total. The topological polar surface area (TPSA) is 53.0 Å². The summed E-state index contributed by atoms with van der Waals surface area (Å²) < 4.78 is 0.343. The molecule has 2 rings (SSSR count). The van der Waals surface area contributed by atoms with Crippen LogP contribution in [0.1, 0.15) is 25.8 Å². The maximum Gasteiger partial charge on any atom is 0.0992 e. The van der Waals surface area contributed by atoms with E-state index in [1.54, 1.807) is 6.07 Å². The molecular formula is C14H19N3S. The highest BCUT2D eigenvalue weighted by atomic mass is 32.2. The van der Waals surface area contributed by atoms with Gasteiger partial charge < -0.3 is 10.6 Å². The van der Waals surface area contributed by atoms with E-state index in [0.29, 0.717) is 16.0 Å². The first-order valence-electron chi connectivity index (χ1n) is 6.20. The molecule has 1 saturated heterocycles. The molecule has 0 bridgehead atoms. The summed E-state index contributed by atoms with van der Waals surface area (Å²) in [5.74, 6) is 1.12. The molecule has 1 fully saturated rings. The van der Waals surface area contributed by atoms with Gasteiger partial charge in [-0.05, 0) is 24.6 Å². The zero-order chi connectivity index (χ0) is 13.2. The van der Waals surface area contributed by atoms with Crippen molar-refractivity contribution in [3.05, 3.63) is 23.8 Å². The standard InChI is InChI=1S/C14H19N3S/c1-14(2)5-6-17(7-8-18-14)13-4-3-11(10-15)9-12(13)16/h3-4,9H,5-8,16H2,1-2H3. The summed E-state index contributed by atoms with van der Waals surface area (Å²) in [5.41, 5.74) is 8.44. The summed E-state index contributed by atoms with van der Waals surface area (Å²) in [5, 5.41) is 8.85. The Morgan fingerprint density at radius 3 is 2.83 bits per heavy atom.